The first-order valence-corrected chi connectivity index (χ1v) is 14.0. The third-order valence-corrected chi connectivity index (χ3v) is 8.09. The Hall–Kier alpha value is -4.68. The summed E-state index contributed by atoms with van der Waals surface area (Å²) < 4.78 is 0. The van der Waals surface area contributed by atoms with E-state index in [1.54, 1.807) is 0 Å². The van der Waals surface area contributed by atoms with Gasteiger partial charge in [-0.1, -0.05) is 146 Å². The molecule has 1 unspecified atom stereocenters. The molecule has 6 aromatic carbocycles. The monoisotopic (exact) mass is 509 g/mol. The van der Waals surface area contributed by atoms with Gasteiger partial charge in [-0.2, -0.15) is 0 Å². The normalized spacial score (nSPS) is 15.4. The van der Waals surface area contributed by atoms with Crippen molar-refractivity contribution >= 4 is 50.5 Å². The van der Waals surface area contributed by atoms with Crippen LogP contribution in [0.2, 0.25) is 0 Å². The molecule has 0 nitrogen and oxygen atoms in total. The molecule has 189 valence electrons. The third-order valence-electron chi connectivity index (χ3n) is 8.09. The lowest BCUT2D eigenvalue weighted by molar-refractivity contribution is 1.10. The van der Waals surface area contributed by atoms with Crippen LogP contribution >= 0.6 is 0 Å². The van der Waals surface area contributed by atoms with Gasteiger partial charge in [0.25, 0.3) is 0 Å². The second-order valence-electron chi connectivity index (χ2n) is 10.6. The minimum atomic E-state index is -0.200. The van der Waals surface area contributed by atoms with Gasteiger partial charge in [0.1, 0.15) is 0 Å². The molecule has 3 aliphatic rings. The van der Waals surface area contributed by atoms with Crippen molar-refractivity contribution in [3.63, 3.8) is 0 Å². The number of rotatable bonds is 0. The van der Waals surface area contributed by atoms with Crippen LogP contribution in [0.25, 0.3) is 50.5 Å². The van der Waals surface area contributed by atoms with Gasteiger partial charge < -0.3 is 0 Å². The molecule has 0 fully saturated rings. The predicted octanol–water partition coefficient (Wildman–Crippen LogP) is 10.4. The topological polar surface area (TPSA) is 0 Å². The summed E-state index contributed by atoms with van der Waals surface area (Å²) in [4.78, 5) is 0. The number of hydrogen-bond donors (Lipinski definition) is 0. The van der Waals surface area contributed by atoms with Crippen molar-refractivity contribution < 1.29 is 0 Å². The maximum atomic E-state index is 7.90. The van der Waals surface area contributed by atoms with E-state index in [4.69, 9.17) is 6.92 Å². The summed E-state index contributed by atoms with van der Waals surface area (Å²) >= 11 is 0. The van der Waals surface area contributed by atoms with Crippen LogP contribution in [0.3, 0.4) is 0 Å². The smallest absolute Gasteiger partial charge is 0.0102 e. The minimum absolute atomic E-state index is 0.200. The fourth-order valence-corrected chi connectivity index (χ4v) is 6.24. The SMILES string of the molecule is C1=Cc2cccc3cccc(c23)C1.C1=Cc2cccc3cccc(c23)C1.[C]C1C=Cc2cccc3cccc1c23. The molecule has 3 aliphatic carbocycles. The third kappa shape index (κ3) is 4.46. The van der Waals surface area contributed by atoms with Gasteiger partial charge >= 0.3 is 0 Å². The van der Waals surface area contributed by atoms with E-state index in [2.05, 4.69) is 121 Å². The van der Waals surface area contributed by atoms with Crippen LogP contribution < -0.4 is 0 Å². The van der Waals surface area contributed by atoms with Gasteiger partial charge in [0.2, 0.25) is 0 Å². The van der Waals surface area contributed by atoms with Crippen LogP contribution in [0.1, 0.15) is 39.3 Å². The van der Waals surface area contributed by atoms with Crippen molar-refractivity contribution in [1.29, 1.82) is 0 Å². The van der Waals surface area contributed by atoms with Crippen LogP contribution in [0, 0.1) is 6.92 Å². The Morgan fingerprint density at radius 2 is 0.875 bits per heavy atom. The van der Waals surface area contributed by atoms with Crippen LogP contribution in [-0.2, 0) is 12.8 Å². The lowest BCUT2D eigenvalue weighted by Gasteiger charge is -2.17. The highest BCUT2D eigenvalue weighted by Gasteiger charge is 2.13. The van der Waals surface area contributed by atoms with Crippen molar-refractivity contribution in [1.82, 2.24) is 0 Å². The summed E-state index contributed by atoms with van der Waals surface area (Å²) in [7, 11) is 0. The first kappa shape index (κ1) is 24.4. The number of benzene rings is 6. The summed E-state index contributed by atoms with van der Waals surface area (Å²) in [6.45, 7) is 7.90. The second kappa shape index (κ2) is 10.5. The Bertz CT molecular complexity index is 1850. The summed E-state index contributed by atoms with van der Waals surface area (Å²) in [5, 5.41) is 8.08. The van der Waals surface area contributed by atoms with Crippen LogP contribution in [-0.4, -0.2) is 0 Å². The van der Waals surface area contributed by atoms with E-state index in [1.807, 2.05) is 24.3 Å². The summed E-state index contributed by atoms with van der Waals surface area (Å²) in [6.07, 6.45) is 15.0. The molecule has 9 rings (SSSR count). The van der Waals surface area contributed by atoms with Gasteiger partial charge in [-0.15, -0.1) is 0 Å². The molecule has 0 saturated carbocycles. The molecule has 0 heterocycles. The molecule has 0 spiro atoms. The molecule has 0 N–H and O–H groups in total. The molecule has 40 heavy (non-hydrogen) atoms. The van der Waals surface area contributed by atoms with E-state index in [0.717, 1.165) is 18.4 Å². The average Bonchev–Trinajstić information content (AvgIpc) is 3.01. The largest absolute Gasteiger partial charge is 0.0795 e. The van der Waals surface area contributed by atoms with E-state index >= 15 is 0 Å². The van der Waals surface area contributed by atoms with Gasteiger partial charge in [0.05, 0.1) is 0 Å². The van der Waals surface area contributed by atoms with Gasteiger partial charge in [0, 0.05) is 12.8 Å². The van der Waals surface area contributed by atoms with Crippen molar-refractivity contribution in [3.8, 4) is 0 Å². The molecule has 0 aromatic heterocycles. The fraction of sp³-hybridized carbons (Fsp3) is 0.0750. The molecule has 6 aromatic rings. The molecular formula is C40H29. The summed E-state index contributed by atoms with van der Waals surface area (Å²) in [6, 6.07) is 38.5. The first-order chi connectivity index (χ1) is 19.8. The zero-order valence-electron chi connectivity index (χ0n) is 22.3. The molecule has 0 bridgehead atoms. The van der Waals surface area contributed by atoms with Gasteiger partial charge in [-0.25, -0.2) is 0 Å². The summed E-state index contributed by atoms with van der Waals surface area (Å²) in [5.41, 5.74) is 7.99. The van der Waals surface area contributed by atoms with Crippen molar-refractivity contribution in [2.75, 3.05) is 0 Å². The van der Waals surface area contributed by atoms with E-state index in [9.17, 15) is 0 Å². The molecular weight excluding hydrogens is 480 g/mol. The quantitative estimate of drug-likeness (QED) is 0.191. The second-order valence-corrected chi connectivity index (χ2v) is 10.6. The average molecular weight is 510 g/mol. The lowest BCUT2D eigenvalue weighted by atomic mass is 9.87. The Balaban J connectivity index is 0.0000000993. The Morgan fingerprint density at radius 3 is 1.40 bits per heavy atom. The predicted molar refractivity (Wildman–Crippen MR) is 172 cm³/mol. The maximum absolute atomic E-state index is 7.90. The van der Waals surface area contributed by atoms with Crippen molar-refractivity contribution in [2.45, 2.75) is 18.8 Å². The van der Waals surface area contributed by atoms with Crippen molar-refractivity contribution in [2.24, 2.45) is 0 Å². The highest BCUT2D eigenvalue weighted by Crippen LogP contribution is 2.34. The molecule has 0 amide bonds. The number of allylic oxidation sites excluding steroid dienone is 3. The van der Waals surface area contributed by atoms with Crippen molar-refractivity contribution in [3.05, 3.63) is 168 Å². The van der Waals surface area contributed by atoms with Crippen LogP contribution in [0.15, 0.2) is 127 Å². The molecule has 0 saturated heterocycles. The van der Waals surface area contributed by atoms with E-state index in [-0.39, 0.29) is 5.92 Å². The molecule has 0 heteroatoms. The Labute approximate surface area is 236 Å². The minimum Gasteiger partial charge on any atom is -0.0795 e. The highest BCUT2D eigenvalue weighted by molar-refractivity contribution is 5.97. The van der Waals surface area contributed by atoms with Crippen LogP contribution in [0.4, 0.5) is 0 Å². The highest BCUT2D eigenvalue weighted by atomic mass is 14.2. The van der Waals surface area contributed by atoms with Crippen LogP contribution in [0.5, 0.6) is 0 Å². The maximum Gasteiger partial charge on any atom is 0.0102 e. The summed E-state index contributed by atoms with van der Waals surface area (Å²) in [5.74, 6) is -0.200. The Morgan fingerprint density at radius 1 is 0.450 bits per heavy atom. The lowest BCUT2D eigenvalue weighted by Crippen LogP contribution is -1.97. The fourth-order valence-electron chi connectivity index (χ4n) is 6.24. The standard InChI is InChI=1S/C14H9.2C13H10/c1-10-8-9-12-5-2-4-11-6-3-7-13(10)14(11)12;2*1-4-10-6-2-8-12-9-3-7-11(5-1)13(10)12/h2-10H;2*1-8H,9H2. The Kier molecular flexibility index (Phi) is 6.38. The van der Waals surface area contributed by atoms with Gasteiger partial charge in [-0.3, -0.25) is 0 Å². The van der Waals surface area contributed by atoms with Gasteiger partial charge in [-0.05, 0) is 78.5 Å². The molecule has 0 aliphatic heterocycles. The zero-order chi connectivity index (χ0) is 26.9. The van der Waals surface area contributed by atoms with E-state index in [0.29, 0.717) is 0 Å². The number of hydrogen-bond acceptors (Lipinski definition) is 0. The molecule has 3 radical (unpaired) electrons. The van der Waals surface area contributed by atoms with E-state index in [1.165, 1.54) is 60.1 Å². The zero-order valence-corrected chi connectivity index (χ0v) is 22.3. The van der Waals surface area contributed by atoms with Gasteiger partial charge in [0.15, 0.2) is 0 Å². The first-order valence-electron chi connectivity index (χ1n) is 14.0. The van der Waals surface area contributed by atoms with E-state index < -0.39 is 0 Å². The molecule has 1 atom stereocenters.